The van der Waals surface area contributed by atoms with Crippen LogP contribution in [0.3, 0.4) is 0 Å². The zero-order chi connectivity index (χ0) is 18.8. The average Bonchev–Trinajstić information content (AvgIpc) is 2.58. The summed E-state index contributed by atoms with van der Waals surface area (Å²) in [5.74, 6) is -1.49. The number of carboxylic acids is 1. The van der Waals surface area contributed by atoms with Crippen molar-refractivity contribution in [2.45, 2.75) is 123 Å². The Morgan fingerprint density at radius 2 is 1.11 bits per heavy atom. The first-order valence-electron chi connectivity index (χ1n) is 10.5. The monoisotopic (exact) mass is 422 g/mol. The van der Waals surface area contributed by atoms with E-state index in [1.165, 1.54) is 84.0 Å². The molecule has 0 fully saturated rings. The summed E-state index contributed by atoms with van der Waals surface area (Å²) in [4.78, 5) is 22.0. The molecule has 0 aromatic carbocycles. The number of carboxylic acid groups (broad SMARTS) is 1. The molecule has 0 spiro atoms. The van der Waals surface area contributed by atoms with Crippen molar-refractivity contribution >= 4 is 49.7 Å². The normalized spacial score (nSPS) is 11.2. The fourth-order valence-electron chi connectivity index (χ4n) is 2.95. The Hall–Kier alpha value is 1.20. The van der Waals surface area contributed by atoms with Gasteiger partial charge in [0.05, 0.1) is 0 Å². The van der Waals surface area contributed by atoms with Crippen LogP contribution >= 0.6 is 0 Å². The van der Waals surface area contributed by atoms with Crippen LogP contribution in [0.2, 0.25) is 0 Å². The number of carbonyl (C=O) groups is 2. The second-order valence-corrected chi connectivity index (χ2v) is 7.17. The van der Waals surface area contributed by atoms with E-state index in [-0.39, 0.29) is 71.6 Å². The molecule has 1 N–H and O–H groups in total. The van der Waals surface area contributed by atoms with E-state index in [0.717, 1.165) is 19.3 Å². The molecule has 0 saturated heterocycles. The van der Waals surface area contributed by atoms with Gasteiger partial charge in [0, 0.05) is 6.42 Å². The van der Waals surface area contributed by atoms with Gasteiger partial charge < -0.3 is 14.1 Å². The number of esters is 1. The Balaban J connectivity index is -0.000000288. The molecule has 0 heterocycles. The quantitative estimate of drug-likeness (QED) is 0.209. The number of hydrogen-bond acceptors (Lipinski definition) is 3. The number of carbonyl (C=O) groups excluding carboxylic acids is 1. The molecular formula is C21H43CaNaO4. The maximum Gasteiger partial charge on any atom is 2.00 e. The Morgan fingerprint density at radius 3 is 1.44 bits per heavy atom. The zero-order valence-corrected chi connectivity index (χ0v) is 22.5. The van der Waals surface area contributed by atoms with Crippen LogP contribution < -0.4 is 29.6 Å². The molecule has 27 heavy (non-hydrogen) atoms. The first-order valence-corrected chi connectivity index (χ1v) is 10.5. The minimum Gasteiger partial charge on any atom is -1.00 e. The SMILES string of the molecule is CCCCCCCCCCCCCCCCCC(=O)OC(C)C(=O)O.[Ca+2].[H-].[H-].[H-].[Na+]. The Labute approximate surface area is 223 Å². The molecule has 1 atom stereocenters. The summed E-state index contributed by atoms with van der Waals surface area (Å²) < 4.78 is 4.79. The zero-order valence-electron chi connectivity index (χ0n) is 21.3. The van der Waals surface area contributed by atoms with E-state index in [2.05, 4.69) is 6.92 Å². The van der Waals surface area contributed by atoms with Crippen LogP contribution in [-0.4, -0.2) is 60.9 Å². The van der Waals surface area contributed by atoms with Gasteiger partial charge in [-0.15, -0.1) is 0 Å². The van der Waals surface area contributed by atoms with Crippen molar-refractivity contribution in [3.05, 3.63) is 0 Å². The van der Waals surface area contributed by atoms with Gasteiger partial charge in [0.15, 0.2) is 6.10 Å². The standard InChI is InChI=1S/C21H40O4.Ca.Na.3H/c1-3-4-5-6-7-8-9-10-11-12-13-14-15-16-17-18-20(22)25-19(2)21(23)24;;;;;/h19H,3-18H2,1-2H3,(H,23,24);;;;;/q;+2;+1;3*-1. The molecule has 4 nitrogen and oxygen atoms in total. The Morgan fingerprint density at radius 1 is 0.778 bits per heavy atom. The van der Waals surface area contributed by atoms with Crippen molar-refractivity contribution < 1.29 is 53.3 Å². The van der Waals surface area contributed by atoms with Gasteiger partial charge in [-0.3, -0.25) is 4.79 Å². The first-order chi connectivity index (χ1) is 12.1. The van der Waals surface area contributed by atoms with Crippen molar-refractivity contribution in [2.24, 2.45) is 0 Å². The molecule has 0 rings (SSSR count). The van der Waals surface area contributed by atoms with Crippen LogP contribution in [0.25, 0.3) is 0 Å². The Kier molecular flexibility index (Phi) is 30.7. The van der Waals surface area contributed by atoms with E-state index in [4.69, 9.17) is 9.84 Å². The summed E-state index contributed by atoms with van der Waals surface area (Å²) in [5.41, 5.74) is 0. The fourth-order valence-corrected chi connectivity index (χ4v) is 2.95. The molecule has 0 saturated carbocycles. The van der Waals surface area contributed by atoms with Crippen LogP contribution in [0.15, 0.2) is 0 Å². The minimum absolute atomic E-state index is 0. The predicted octanol–water partition coefficient (Wildman–Crippen LogP) is 3.22. The topological polar surface area (TPSA) is 63.6 Å². The number of rotatable bonds is 18. The van der Waals surface area contributed by atoms with E-state index in [9.17, 15) is 9.59 Å². The smallest absolute Gasteiger partial charge is 1.00 e. The first kappa shape index (κ1) is 32.9. The van der Waals surface area contributed by atoms with Crippen LogP contribution in [0, 0.1) is 0 Å². The summed E-state index contributed by atoms with van der Waals surface area (Å²) >= 11 is 0. The molecule has 0 aliphatic rings. The van der Waals surface area contributed by atoms with Gasteiger partial charge in [0.25, 0.3) is 0 Å². The maximum atomic E-state index is 11.4. The van der Waals surface area contributed by atoms with Gasteiger partial charge in [-0.1, -0.05) is 96.8 Å². The van der Waals surface area contributed by atoms with Crippen molar-refractivity contribution in [3.63, 3.8) is 0 Å². The second kappa shape index (κ2) is 25.2. The van der Waals surface area contributed by atoms with E-state index in [1.807, 2.05) is 0 Å². The van der Waals surface area contributed by atoms with Gasteiger partial charge in [0.2, 0.25) is 0 Å². The van der Waals surface area contributed by atoms with E-state index < -0.39 is 18.0 Å². The maximum absolute atomic E-state index is 11.4. The number of hydrogen-bond donors (Lipinski definition) is 1. The van der Waals surface area contributed by atoms with Crippen molar-refractivity contribution in [1.82, 2.24) is 0 Å². The summed E-state index contributed by atoms with van der Waals surface area (Å²) in [6.07, 6.45) is 18.6. The fraction of sp³-hybridized carbons (Fsp3) is 0.905. The molecule has 0 radical (unpaired) electrons. The molecule has 0 amide bonds. The van der Waals surface area contributed by atoms with E-state index in [0.29, 0.717) is 6.42 Å². The third kappa shape index (κ3) is 25.2. The average molecular weight is 423 g/mol. The molecule has 6 heteroatoms. The number of aliphatic carboxylic acids is 1. The Bertz CT molecular complexity index is 354. The van der Waals surface area contributed by atoms with E-state index in [1.54, 1.807) is 0 Å². The molecule has 0 aliphatic carbocycles. The summed E-state index contributed by atoms with van der Waals surface area (Å²) in [6.45, 7) is 3.64. The predicted molar refractivity (Wildman–Crippen MR) is 112 cm³/mol. The van der Waals surface area contributed by atoms with Crippen LogP contribution in [0.4, 0.5) is 0 Å². The number of unbranched alkanes of at least 4 members (excludes halogenated alkanes) is 14. The summed E-state index contributed by atoms with van der Waals surface area (Å²) in [6, 6.07) is 0. The number of ether oxygens (including phenoxy) is 1. The summed E-state index contributed by atoms with van der Waals surface area (Å²) in [7, 11) is 0. The van der Waals surface area contributed by atoms with Gasteiger partial charge in [0.1, 0.15) is 0 Å². The third-order valence-electron chi connectivity index (χ3n) is 4.64. The van der Waals surface area contributed by atoms with Crippen molar-refractivity contribution in [3.8, 4) is 0 Å². The summed E-state index contributed by atoms with van der Waals surface area (Å²) in [5, 5.41) is 8.66. The van der Waals surface area contributed by atoms with Crippen LogP contribution in [-0.2, 0) is 14.3 Å². The molecule has 1 unspecified atom stereocenters. The molecular weight excluding hydrogens is 379 g/mol. The van der Waals surface area contributed by atoms with Gasteiger partial charge in [-0.25, -0.2) is 4.79 Å². The molecule has 0 aliphatic heterocycles. The minimum atomic E-state index is -1.09. The van der Waals surface area contributed by atoms with Crippen molar-refractivity contribution in [2.75, 3.05) is 0 Å². The molecule has 154 valence electrons. The second-order valence-electron chi connectivity index (χ2n) is 7.17. The van der Waals surface area contributed by atoms with Gasteiger partial charge >= 0.3 is 79.2 Å². The van der Waals surface area contributed by atoms with Gasteiger partial charge in [-0.05, 0) is 13.3 Å². The van der Waals surface area contributed by atoms with Crippen LogP contribution in [0.1, 0.15) is 121 Å². The molecule has 0 aromatic rings. The molecule has 0 bridgehead atoms. The largest absolute Gasteiger partial charge is 2.00 e. The molecule has 0 aromatic heterocycles. The van der Waals surface area contributed by atoms with Crippen molar-refractivity contribution in [1.29, 1.82) is 0 Å². The van der Waals surface area contributed by atoms with Crippen LogP contribution in [0.5, 0.6) is 0 Å². The van der Waals surface area contributed by atoms with Gasteiger partial charge in [-0.2, -0.15) is 0 Å². The third-order valence-corrected chi connectivity index (χ3v) is 4.64. The van der Waals surface area contributed by atoms with E-state index >= 15 is 0 Å².